The monoisotopic (exact) mass is 346 g/mol. The van der Waals surface area contributed by atoms with Crippen molar-refractivity contribution in [3.8, 4) is 0 Å². The maximum absolute atomic E-state index is 12.7. The number of thiophene rings is 1. The van der Waals surface area contributed by atoms with Crippen molar-refractivity contribution in [1.29, 1.82) is 0 Å². The number of halogens is 1. The fourth-order valence-corrected chi connectivity index (χ4v) is 5.72. The van der Waals surface area contributed by atoms with E-state index in [0.717, 1.165) is 36.4 Å². The SMILES string of the molecule is CCc1nc([C@@H]2CCCN2S(=O)(=O)c2ccc(Cl)s2)n[nH]1. The number of hydrogen-bond acceptors (Lipinski definition) is 5. The summed E-state index contributed by atoms with van der Waals surface area (Å²) in [7, 11) is -3.54. The van der Waals surface area contributed by atoms with Gasteiger partial charge in [-0.1, -0.05) is 18.5 Å². The number of sulfonamides is 1. The van der Waals surface area contributed by atoms with E-state index in [1.807, 2.05) is 6.92 Å². The molecule has 2 aromatic rings. The molecule has 1 saturated heterocycles. The molecule has 0 spiro atoms. The first-order valence-electron chi connectivity index (χ1n) is 6.70. The number of aromatic nitrogens is 3. The molecule has 0 aliphatic carbocycles. The number of nitrogens with one attached hydrogen (secondary N) is 1. The number of rotatable bonds is 4. The van der Waals surface area contributed by atoms with Gasteiger partial charge in [0.1, 0.15) is 10.0 Å². The minimum Gasteiger partial charge on any atom is -0.263 e. The number of hydrogen-bond donors (Lipinski definition) is 1. The number of H-pyrrole nitrogens is 1. The quantitative estimate of drug-likeness (QED) is 0.922. The van der Waals surface area contributed by atoms with Gasteiger partial charge in [0, 0.05) is 13.0 Å². The van der Waals surface area contributed by atoms with Gasteiger partial charge >= 0.3 is 0 Å². The van der Waals surface area contributed by atoms with Crippen LogP contribution >= 0.6 is 22.9 Å². The van der Waals surface area contributed by atoms with E-state index >= 15 is 0 Å². The lowest BCUT2D eigenvalue weighted by Crippen LogP contribution is -2.30. The molecule has 114 valence electrons. The number of aromatic amines is 1. The molecule has 0 radical (unpaired) electrons. The Bertz CT molecular complexity index is 740. The minimum atomic E-state index is -3.54. The van der Waals surface area contributed by atoms with Crippen LogP contribution < -0.4 is 0 Å². The Morgan fingerprint density at radius 2 is 2.33 bits per heavy atom. The van der Waals surface area contributed by atoms with Crippen LogP contribution in [0.3, 0.4) is 0 Å². The van der Waals surface area contributed by atoms with Crippen molar-refractivity contribution in [2.24, 2.45) is 0 Å². The van der Waals surface area contributed by atoms with Gasteiger partial charge in [0.05, 0.1) is 10.4 Å². The van der Waals surface area contributed by atoms with Crippen LogP contribution in [0.1, 0.15) is 37.5 Å². The summed E-state index contributed by atoms with van der Waals surface area (Å²) in [6.45, 7) is 2.46. The zero-order valence-corrected chi connectivity index (χ0v) is 13.8. The highest BCUT2D eigenvalue weighted by atomic mass is 35.5. The van der Waals surface area contributed by atoms with E-state index < -0.39 is 10.0 Å². The van der Waals surface area contributed by atoms with Crippen LogP contribution in [-0.4, -0.2) is 34.4 Å². The van der Waals surface area contributed by atoms with E-state index in [0.29, 0.717) is 16.7 Å². The van der Waals surface area contributed by atoms with Crippen LogP contribution in [0.5, 0.6) is 0 Å². The van der Waals surface area contributed by atoms with Crippen molar-refractivity contribution in [2.45, 2.75) is 36.4 Å². The standard InChI is InChI=1S/C12H15ClN4O2S2/c1-2-10-14-12(16-15-10)8-4-3-7-17(8)21(18,19)11-6-5-9(13)20-11/h5-6,8H,2-4,7H2,1H3,(H,14,15,16)/t8-/m0/s1. The second-order valence-corrected chi connectivity index (χ2v) is 8.66. The molecule has 3 rings (SSSR count). The summed E-state index contributed by atoms with van der Waals surface area (Å²) in [6.07, 6.45) is 2.28. The van der Waals surface area contributed by atoms with Crippen molar-refractivity contribution in [3.63, 3.8) is 0 Å². The van der Waals surface area contributed by atoms with Crippen molar-refractivity contribution < 1.29 is 8.42 Å². The first kappa shape index (κ1) is 15.0. The molecule has 6 nitrogen and oxygen atoms in total. The van der Waals surface area contributed by atoms with Gasteiger partial charge in [-0.3, -0.25) is 5.10 Å². The molecule has 1 N–H and O–H groups in total. The number of nitrogens with zero attached hydrogens (tertiary/aromatic N) is 3. The molecule has 1 atom stereocenters. The predicted octanol–water partition coefficient (Wildman–Crippen LogP) is 2.61. The normalized spacial score (nSPS) is 20.2. The summed E-state index contributed by atoms with van der Waals surface area (Å²) in [4.78, 5) is 4.38. The van der Waals surface area contributed by atoms with Gasteiger partial charge in [-0.2, -0.15) is 9.40 Å². The molecule has 0 aromatic carbocycles. The molecule has 21 heavy (non-hydrogen) atoms. The topological polar surface area (TPSA) is 79.0 Å². The highest BCUT2D eigenvalue weighted by Crippen LogP contribution is 2.37. The summed E-state index contributed by atoms with van der Waals surface area (Å²) in [5, 5.41) is 7.01. The fourth-order valence-electron chi connectivity index (χ4n) is 2.45. The van der Waals surface area contributed by atoms with E-state index in [1.165, 1.54) is 4.31 Å². The maximum atomic E-state index is 12.7. The van der Waals surface area contributed by atoms with E-state index in [1.54, 1.807) is 12.1 Å². The van der Waals surface area contributed by atoms with E-state index in [2.05, 4.69) is 15.2 Å². The predicted molar refractivity (Wildman–Crippen MR) is 81.0 cm³/mol. The molecule has 2 aromatic heterocycles. The minimum absolute atomic E-state index is 0.269. The third kappa shape index (κ3) is 2.73. The molecule has 0 amide bonds. The second-order valence-electron chi connectivity index (χ2n) is 4.83. The van der Waals surface area contributed by atoms with Crippen LogP contribution in [0.4, 0.5) is 0 Å². The average molecular weight is 347 g/mol. The molecular weight excluding hydrogens is 332 g/mol. The first-order chi connectivity index (χ1) is 10.0. The van der Waals surface area contributed by atoms with Gasteiger partial charge in [-0.05, 0) is 25.0 Å². The summed E-state index contributed by atoms with van der Waals surface area (Å²) in [6, 6.07) is 2.85. The Morgan fingerprint density at radius 1 is 1.52 bits per heavy atom. The highest BCUT2D eigenvalue weighted by molar-refractivity contribution is 7.91. The van der Waals surface area contributed by atoms with Gasteiger partial charge in [0.2, 0.25) is 0 Å². The Balaban J connectivity index is 1.93. The lowest BCUT2D eigenvalue weighted by atomic mass is 10.2. The van der Waals surface area contributed by atoms with Gasteiger partial charge in [-0.25, -0.2) is 13.4 Å². The Labute approximate surface area is 132 Å². The van der Waals surface area contributed by atoms with Crippen LogP contribution in [0, 0.1) is 0 Å². The molecule has 0 bridgehead atoms. The number of aryl methyl sites for hydroxylation is 1. The molecule has 0 saturated carbocycles. The molecule has 1 aliphatic heterocycles. The molecule has 3 heterocycles. The van der Waals surface area contributed by atoms with Gasteiger partial charge in [0.15, 0.2) is 5.82 Å². The van der Waals surface area contributed by atoms with Gasteiger partial charge in [-0.15, -0.1) is 11.3 Å². The van der Waals surface area contributed by atoms with Gasteiger partial charge in [0.25, 0.3) is 10.0 Å². The summed E-state index contributed by atoms with van der Waals surface area (Å²) >= 11 is 6.93. The summed E-state index contributed by atoms with van der Waals surface area (Å²) < 4.78 is 27.7. The molecule has 0 unspecified atom stereocenters. The van der Waals surface area contributed by atoms with E-state index in [-0.39, 0.29) is 10.3 Å². The van der Waals surface area contributed by atoms with E-state index in [4.69, 9.17) is 11.6 Å². The fraction of sp³-hybridized carbons (Fsp3) is 0.500. The van der Waals surface area contributed by atoms with Crippen molar-refractivity contribution >= 4 is 33.0 Å². The summed E-state index contributed by atoms with van der Waals surface area (Å²) in [5.74, 6) is 1.32. The third-order valence-electron chi connectivity index (χ3n) is 3.50. The van der Waals surface area contributed by atoms with Crippen LogP contribution in [0.2, 0.25) is 4.34 Å². The van der Waals surface area contributed by atoms with Gasteiger partial charge < -0.3 is 0 Å². The second kappa shape index (κ2) is 5.68. The zero-order valence-electron chi connectivity index (χ0n) is 11.4. The van der Waals surface area contributed by atoms with Crippen LogP contribution in [0.15, 0.2) is 16.3 Å². The van der Waals surface area contributed by atoms with Crippen LogP contribution in [-0.2, 0) is 16.4 Å². The Hall–Kier alpha value is -0.960. The van der Waals surface area contributed by atoms with E-state index in [9.17, 15) is 8.42 Å². The first-order valence-corrected chi connectivity index (χ1v) is 9.34. The lowest BCUT2D eigenvalue weighted by molar-refractivity contribution is 0.385. The lowest BCUT2D eigenvalue weighted by Gasteiger charge is -2.20. The van der Waals surface area contributed by atoms with Crippen LogP contribution in [0.25, 0.3) is 0 Å². The molecule has 1 aliphatic rings. The Morgan fingerprint density at radius 3 is 2.95 bits per heavy atom. The average Bonchev–Trinajstić information content (AvgIpc) is 3.17. The van der Waals surface area contributed by atoms with Crippen molar-refractivity contribution in [2.75, 3.05) is 6.54 Å². The zero-order chi connectivity index (χ0) is 15.0. The maximum Gasteiger partial charge on any atom is 0.253 e. The largest absolute Gasteiger partial charge is 0.263 e. The van der Waals surface area contributed by atoms with Crippen molar-refractivity contribution in [1.82, 2.24) is 19.5 Å². The smallest absolute Gasteiger partial charge is 0.253 e. The molecule has 1 fully saturated rings. The highest BCUT2D eigenvalue weighted by Gasteiger charge is 2.38. The third-order valence-corrected chi connectivity index (χ3v) is 7.10. The van der Waals surface area contributed by atoms with Crippen molar-refractivity contribution in [3.05, 3.63) is 28.1 Å². The summed E-state index contributed by atoms with van der Waals surface area (Å²) in [5.41, 5.74) is 0. The molecule has 9 heteroatoms. The molecular formula is C12H15ClN4O2S2. The Kier molecular flexibility index (Phi) is 4.04.